The maximum absolute atomic E-state index is 12.6. The van der Waals surface area contributed by atoms with Crippen molar-refractivity contribution in [1.82, 2.24) is 15.2 Å². The lowest BCUT2D eigenvalue weighted by molar-refractivity contribution is -0.122. The van der Waals surface area contributed by atoms with Crippen molar-refractivity contribution in [3.8, 4) is 5.75 Å². The number of aromatic nitrogens is 1. The summed E-state index contributed by atoms with van der Waals surface area (Å²) in [5, 5.41) is 3.09. The van der Waals surface area contributed by atoms with E-state index >= 15 is 0 Å². The first-order valence-corrected chi connectivity index (χ1v) is 11.2. The molecule has 1 saturated heterocycles. The molecule has 1 atom stereocenters. The molecule has 1 aromatic carbocycles. The predicted molar refractivity (Wildman–Crippen MR) is 118 cm³/mol. The zero-order valence-electron chi connectivity index (χ0n) is 18.1. The van der Waals surface area contributed by atoms with Gasteiger partial charge in [0.15, 0.2) is 0 Å². The molecule has 0 bridgehead atoms. The van der Waals surface area contributed by atoms with E-state index in [1.54, 1.807) is 0 Å². The third-order valence-electron chi connectivity index (χ3n) is 6.32. The molecule has 3 heterocycles. The van der Waals surface area contributed by atoms with Gasteiger partial charge in [0.2, 0.25) is 5.91 Å². The Morgan fingerprint density at radius 2 is 1.97 bits per heavy atom. The first-order chi connectivity index (χ1) is 14.5. The molecule has 2 aromatic rings. The maximum atomic E-state index is 12.6. The van der Waals surface area contributed by atoms with Crippen LogP contribution in [0.15, 0.2) is 48.7 Å². The Morgan fingerprint density at radius 1 is 1.20 bits per heavy atom. The van der Waals surface area contributed by atoms with Crippen LogP contribution in [-0.4, -0.2) is 41.0 Å². The summed E-state index contributed by atoms with van der Waals surface area (Å²) in [5.41, 5.74) is 2.12. The molecule has 2 aliphatic rings. The summed E-state index contributed by atoms with van der Waals surface area (Å²) in [4.78, 5) is 19.5. The molecule has 0 radical (unpaired) electrons. The van der Waals surface area contributed by atoms with E-state index in [9.17, 15) is 4.79 Å². The Balaban J connectivity index is 1.43. The van der Waals surface area contributed by atoms with Crippen molar-refractivity contribution in [1.29, 1.82) is 0 Å². The summed E-state index contributed by atoms with van der Waals surface area (Å²) in [5.74, 6) is 1.78. The lowest BCUT2D eigenvalue weighted by Gasteiger charge is -2.47. The van der Waals surface area contributed by atoms with Crippen LogP contribution >= 0.6 is 0 Å². The van der Waals surface area contributed by atoms with Gasteiger partial charge >= 0.3 is 0 Å². The Morgan fingerprint density at radius 3 is 2.70 bits per heavy atom. The van der Waals surface area contributed by atoms with E-state index in [1.807, 2.05) is 24.4 Å². The lowest BCUT2D eigenvalue weighted by Crippen LogP contribution is -2.50. The van der Waals surface area contributed by atoms with Crippen LogP contribution in [0, 0.1) is 5.92 Å². The number of likely N-dealkylation sites (tertiary alicyclic amines) is 1. The number of nitrogens with zero attached hydrogens (tertiary/aromatic N) is 2. The summed E-state index contributed by atoms with van der Waals surface area (Å²) in [6.07, 6.45) is 5.27. The minimum Gasteiger partial charge on any atom is -0.487 e. The predicted octanol–water partition coefficient (Wildman–Crippen LogP) is 4.14. The number of amides is 1. The van der Waals surface area contributed by atoms with Gasteiger partial charge in [0.25, 0.3) is 0 Å². The number of hydrogen-bond donors (Lipinski definition) is 1. The number of ether oxygens (including phenoxy) is 1. The van der Waals surface area contributed by atoms with E-state index in [-0.39, 0.29) is 17.4 Å². The Kier molecular flexibility index (Phi) is 6.38. The molecule has 4 rings (SSSR count). The van der Waals surface area contributed by atoms with Crippen LogP contribution in [0.2, 0.25) is 0 Å². The molecule has 1 fully saturated rings. The first kappa shape index (κ1) is 20.9. The molecule has 1 unspecified atom stereocenters. The highest BCUT2D eigenvalue weighted by molar-refractivity contribution is 5.77. The molecule has 2 aliphatic heterocycles. The number of carbonyl (C=O) groups excluding carboxylic acids is 1. The average molecular weight is 408 g/mol. The van der Waals surface area contributed by atoms with Crippen molar-refractivity contribution in [2.75, 3.05) is 19.6 Å². The topological polar surface area (TPSA) is 54.5 Å². The van der Waals surface area contributed by atoms with E-state index in [0.29, 0.717) is 12.3 Å². The minimum atomic E-state index is -0.169. The summed E-state index contributed by atoms with van der Waals surface area (Å²) in [6.45, 7) is 7.84. The van der Waals surface area contributed by atoms with Gasteiger partial charge in [0, 0.05) is 44.7 Å². The average Bonchev–Trinajstić information content (AvgIpc) is 2.75. The van der Waals surface area contributed by atoms with E-state index in [4.69, 9.17) is 4.74 Å². The van der Waals surface area contributed by atoms with Crippen LogP contribution in [0.1, 0.15) is 56.7 Å². The van der Waals surface area contributed by atoms with E-state index in [2.05, 4.69) is 53.3 Å². The Bertz CT molecular complexity index is 844. The molecule has 160 valence electrons. The van der Waals surface area contributed by atoms with Gasteiger partial charge in [-0.25, -0.2) is 0 Å². The van der Waals surface area contributed by atoms with Crippen molar-refractivity contribution in [2.24, 2.45) is 5.92 Å². The zero-order valence-corrected chi connectivity index (χ0v) is 18.1. The molecule has 1 spiro atoms. The highest BCUT2D eigenvalue weighted by atomic mass is 16.5. The zero-order chi connectivity index (χ0) is 21.0. The van der Waals surface area contributed by atoms with Crippen molar-refractivity contribution in [2.45, 2.75) is 57.6 Å². The van der Waals surface area contributed by atoms with Crippen molar-refractivity contribution in [3.63, 3.8) is 0 Å². The van der Waals surface area contributed by atoms with Crippen LogP contribution in [0.3, 0.4) is 0 Å². The molecule has 1 N–H and O–H groups in total. The van der Waals surface area contributed by atoms with Gasteiger partial charge in [0.1, 0.15) is 11.4 Å². The minimum absolute atomic E-state index is 0.146. The fourth-order valence-corrected chi connectivity index (χ4v) is 4.69. The second-order valence-corrected chi connectivity index (χ2v) is 9.22. The number of benzene rings is 1. The Labute approximate surface area is 179 Å². The maximum Gasteiger partial charge on any atom is 0.220 e. The summed E-state index contributed by atoms with van der Waals surface area (Å²) < 4.78 is 6.59. The third kappa shape index (κ3) is 5.01. The number of fused-ring (bicyclic) bond motifs is 1. The quantitative estimate of drug-likeness (QED) is 0.782. The highest BCUT2D eigenvalue weighted by Gasteiger charge is 2.43. The molecule has 0 aliphatic carbocycles. The van der Waals surface area contributed by atoms with Gasteiger partial charge < -0.3 is 10.1 Å². The van der Waals surface area contributed by atoms with Gasteiger partial charge in [-0.2, -0.15) is 0 Å². The molecule has 1 amide bonds. The second kappa shape index (κ2) is 9.17. The molecule has 30 heavy (non-hydrogen) atoms. The van der Waals surface area contributed by atoms with Gasteiger partial charge in [-0.05, 0) is 48.9 Å². The number of rotatable bonds is 6. The molecule has 5 heteroatoms. The van der Waals surface area contributed by atoms with Crippen molar-refractivity contribution in [3.05, 3.63) is 59.9 Å². The van der Waals surface area contributed by atoms with Crippen LogP contribution in [0.4, 0.5) is 0 Å². The fourth-order valence-electron chi connectivity index (χ4n) is 4.69. The van der Waals surface area contributed by atoms with Crippen LogP contribution in [-0.2, 0) is 11.3 Å². The highest BCUT2D eigenvalue weighted by Crippen LogP contribution is 2.46. The molecule has 0 saturated carbocycles. The number of nitrogens with one attached hydrogen (secondary N) is 1. The van der Waals surface area contributed by atoms with Gasteiger partial charge in [0.05, 0.1) is 5.69 Å². The molecular weight excluding hydrogens is 374 g/mol. The number of piperidine rings is 1. The second-order valence-electron chi connectivity index (χ2n) is 9.22. The van der Waals surface area contributed by atoms with Crippen LogP contribution in [0.25, 0.3) is 0 Å². The van der Waals surface area contributed by atoms with Crippen molar-refractivity contribution < 1.29 is 9.53 Å². The first-order valence-electron chi connectivity index (χ1n) is 11.2. The summed E-state index contributed by atoms with van der Waals surface area (Å²) in [7, 11) is 0. The summed E-state index contributed by atoms with van der Waals surface area (Å²) >= 11 is 0. The van der Waals surface area contributed by atoms with Crippen LogP contribution in [0.5, 0.6) is 5.75 Å². The SMILES string of the molecule is CC(C)CNC(=O)CC1CC2(CCN(Cc3ccccn3)CC2)Oc2ccccc21. The summed E-state index contributed by atoms with van der Waals surface area (Å²) in [6, 6.07) is 14.4. The number of para-hydroxylation sites is 1. The van der Waals surface area contributed by atoms with E-state index in [0.717, 1.165) is 56.9 Å². The lowest BCUT2D eigenvalue weighted by atomic mass is 9.76. The molecular formula is C25H33N3O2. The fraction of sp³-hybridized carbons (Fsp3) is 0.520. The standard InChI is InChI=1S/C25H33N3O2/c1-19(2)17-27-24(29)15-20-16-25(30-23-9-4-3-8-22(20)23)10-13-28(14-11-25)18-21-7-5-6-12-26-21/h3-9,12,19-20H,10-11,13-18H2,1-2H3,(H,27,29). The third-order valence-corrected chi connectivity index (χ3v) is 6.32. The largest absolute Gasteiger partial charge is 0.487 e. The number of pyridine rings is 1. The Hall–Kier alpha value is -2.40. The number of hydrogen-bond acceptors (Lipinski definition) is 4. The molecule has 1 aromatic heterocycles. The normalized spacial score (nSPS) is 20.6. The van der Waals surface area contributed by atoms with Gasteiger partial charge in [-0.3, -0.25) is 14.7 Å². The van der Waals surface area contributed by atoms with Crippen LogP contribution < -0.4 is 10.1 Å². The molecule has 5 nitrogen and oxygen atoms in total. The van der Waals surface area contributed by atoms with E-state index in [1.165, 1.54) is 5.56 Å². The van der Waals surface area contributed by atoms with Crippen molar-refractivity contribution >= 4 is 5.91 Å². The van der Waals surface area contributed by atoms with Gasteiger partial charge in [-0.15, -0.1) is 0 Å². The van der Waals surface area contributed by atoms with E-state index < -0.39 is 0 Å². The number of carbonyl (C=O) groups is 1. The monoisotopic (exact) mass is 407 g/mol. The van der Waals surface area contributed by atoms with Gasteiger partial charge in [-0.1, -0.05) is 38.1 Å². The smallest absolute Gasteiger partial charge is 0.220 e.